The molecule has 296 valence electrons. The molecule has 3 atom stereocenters. The number of benzene rings is 3. The first-order valence-electron chi connectivity index (χ1n) is 18.4. The van der Waals surface area contributed by atoms with Crippen molar-refractivity contribution in [1.29, 1.82) is 5.26 Å². The second-order valence-corrected chi connectivity index (χ2v) is 15.2. The van der Waals surface area contributed by atoms with Crippen molar-refractivity contribution in [2.75, 3.05) is 50.1 Å². The molecule has 0 saturated carbocycles. The van der Waals surface area contributed by atoms with Crippen molar-refractivity contribution in [2.45, 2.75) is 69.9 Å². The van der Waals surface area contributed by atoms with Gasteiger partial charge in [-0.25, -0.2) is 8.78 Å². The van der Waals surface area contributed by atoms with Crippen LogP contribution in [0.2, 0.25) is 5.02 Å². The lowest BCUT2D eigenvalue weighted by atomic mass is 9.88. The van der Waals surface area contributed by atoms with Gasteiger partial charge < -0.3 is 24.8 Å². The monoisotopic (exact) mass is 798 g/mol. The minimum atomic E-state index is -5.02. The zero-order valence-corrected chi connectivity index (χ0v) is 31.5. The fourth-order valence-electron chi connectivity index (χ4n) is 8.53. The molecule has 0 bridgehead atoms. The summed E-state index contributed by atoms with van der Waals surface area (Å²) < 4.78 is 88.3. The van der Waals surface area contributed by atoms with Gasteiger partial charge in [0.05, 0.1) is 40.4 Å². The van der Waals surface area contributed by atoms with Crippen molar-refractivity contribution in [3.8, 4) is 29.0 Å². The SMILES string of the molecule is COc1ccc(CNc2cc(C)c(C(F)(F)F)c(-c3c(Cl)cc4c(N5CCCC(C(=O)O)CC5)nc(OC[C@@]56CCCN5C[C@H](F)C6)nc4c3F)c2C#N)cc1. The molecule has 1 unspecified atom stereocenters. The summed E-state index contributed by atoms with van der Waals surface area (Å²) in [6.45, 7) is 2.87. The highest BCUT2D eigenvalue weighted by Gasteiger charge is 2.49. The number of carboxylic acid groups (broad SMARTS) is 1. The Hall–Kier alpha value is -4.94. The van der Waals surface area contributed by atoms with E-state index in [4.69, 9.17) is 21.1 Å². The number of rotatable bonds is 10. The van der Waals surface area contributed by atoms with Crippen LogP contribution >= 0.6 is 11.6 Å². The maximum atomic E-state index is 17.4. The van der Waals surface area contributed by atoms with Crippen LogP contribution in [0.4, 0.5) is 33.5 Å². The predicted octanol–water partition coefficient (Wildman–Crippen LogP) is 8.56. The lowest BCUT2D eigenvalue weighted by molar-refractivity contribution is -0.142. The Bertz CT molecular complexity index is 2200. The number of carboxylic acids is 1. The average molecular weight is 799 g/mol. The standard InChI is InChI=1S/C40H40ClF5N6O4/c1-22-15-30(48-19-23-6-8-26(55-2)9-7-23)28(18-47)31(33(22)40(44,45)46)32-29(41)16-27-35(34(32)43)49-38(56-21-39-11-4-13-52(39)20-25(42)17-39)50-36(27)51-12-3-5-24(10-14-51)37(53)54/h6-9,15-16,24-25,48H,3-5,10-14,17,19-21H2,1-2H3,(H,53,54)/t24?,25-,39+/m1/s1. The Balaban J connectivity index is 1.38. The van der Waals surface area contributed by atoms with Gasteiger partial charge in [-0.2, -0.15) is 28.4 Å². The van der Waals surface area contributed by atoms with Crippen molar-refractivity contribution >= 4 is 40.0 Å². The maximum absolute atomic E-state index is 17.4. The largest absolute Gasteiger partial charge is 0.497 e. The van der Waals surface area contributed by atoms with Crippen molar-refractivity contribution in [3.63, 3.8) is 0 Å². The lowest BCUT2D eigenvalue weighted by Crippen LogP contribution is -2.43. The normalized spacial score (nSPS) is 21.4. The second kappa shape index (κ2) is 15.5. The Kier molecular flexibility index (Phi) is 10.9. The number of carbonyl (C=O) groups is 1. The van der Waals surface area contributed by atoms with Gasteiger partial charge in [0.15, 0.2) is 5.82 Å². The molecule has 0 aliphatic carbocycles. The molecule has 0 spiro atoms. The number of aryl methyl sites for hydroxylation is 1. The van der Waals surface area contributed by atoms with Gasteiger partial charge >= 0.3 is 18.2 Å². The van der Waals surface area contributed by atoms with Gasteiger partial charge in [-0.3, -0.25) is 9.69 Å². The molecule has 0 radical (unpaired) electrons. The van der Waals surface area contributed by atoms with Crippen LogP contribution in [-0.2, 0) is 17.5 Å². The molecule has 3 saturated heterocycles. The molecule has 3 fully saturated rings. The van der Waals surface area contributed by atoms with Crippen molar-refractivity contribution in [3.05, 3.63) is 69.5 Å². The van der Waals surface area contributed by atoms with E-state index in [0.29, 0.717) is 38.1 Å². The summed E-state index contributed by atoms with van der Waals surface area (Å²) in [5.74, 6) is -2.00. The van der Waals surface area contributed by atoms with E-state index in [1.165, 1.54) is 26.2 Å². The molecule has 2 N–H and O–H groups in total. The molecule has 0 amide bonds. The van der Waals surface area contributed by atoms with Gasteiger partial charge in [-0.15, -0.1) is 0 Å². The number of alkyl halides is 4. The first kappa shape index (κ1) is 39.3. The van der Waals surface area contributed by atoms with Crippen molar-refractivity contribution < 1.29 is 41.3 Å². The number of nitrogens with zero attached hydrogens (tertiary/aromatic N) is 5. The Morgan fingerprint density at radius 3 is 2.59 bits per heavy atom. The predicted molar refractivity (Wildman–Crippen MR) is 200 cm³/mol. The first-order valence-corrected chi connectivity index (χ1v) is 18.8. The van der Waals surface area contributed by atoms with Gasteiger partial charge in [-0.1, -0.05) is 23.7 Å². The number of hydrogen-bond donors (Lipinski definition) is 2. The van der Waals surface area contributed by atoms with Crippen LogP contribution in [0.3, 0.4) is 0 Å². The van der Waals surface area contributed by atoms with Gasteiger partial charge in [0, 0.05) is 49.1 Å². The molecule has 1 aromatic heterocycles. The van der Waals surface area contributed by atoms with E-state index in [-0.39, 0.29) is 67.5 Å². The summed E-state index contributed by atoms with van der Waals surface area (Å²) >= 11 is 6.80. The molecule has 56 heavy (non-hydrogen) atoms. The molecule has 10 nitrogen and oxygen atoms in total. The van der Waals surface area contributed by atoms with E-state index in [1.807, 2.05) is 11.0 Å². The fraction of sp³-hybridized carbons (Fsp3) is 0.450. The van der Waals surface area contributed by atoms with Crippen LogP contribution < -0.4 is 19.7 Å². The summed E-state index contributed by atoms with van der Waals surface area (Å²) in [6, 6.07) is 11.0. The Labute approximate surface area is 325 Å². The van der Waals surface area contributed by atoms with Crippen molar-refractivity contribution in [1.82, 2.24) is 14.9 Å². The summed E-state index contributed by atoms with van der Waals surface area (Å²) in [7, 11) is 1.52. The molecule has 16 heteroatoms. The second-order valence-electron chi connectivity index (χ2n) is 14.8. The smallest absolute Gasteiger partial charge is 0.417 e. The van der Waals surface area contributed by atoms with Gasteiger partial charge in [0.25, 0.3) is 0 Å². The molecule has 3 aromatic carbocycles. The number of hydrogen-bond acceptors (Lipinski definition) is 9. The number of fused-ring (bicyclic) bond motifs is 2. The quantitative estimate of drug-likeness (QED) is 0.151. The minimum absolute atomic E-state index is 0.000567. The summed E-state index contributed by atoms with van der Waals surface area (Å²) in [5.41, 5.74) is -3.63. The number of methoxy groups -OCH3 is 1. The fourth-order valence-corrected chi connectivity index (χ4v) is 8.81. The third-order valence-electron chi connectivity index (χ3n) is 11.3. The van der Waals surface area contributed by atoms with E-state index in [0.717, 1.165) is 12.0 Å². The molecule has 7 rings (SSSR count). The molecule has 4 heterocycles. The summed E-state index contributed by atoms with van der Waals surface area (Å²) in [4.78, 5) is 24.7. The van der Waals surface area contributed by atoms with Crippen molar-refractivity contribution in [2.24, 2.45) is 5.92 Å². The Morgan fingerprint density at radius 1 is 1.12 bits per heavy atom. The number of anilines is 2. The first-order chi connectivity index (χ1) is 26.7. The number of aromatic nitrogens is 2. The molecule has 3 aliphatic rings. The van der Waals surface area contributed by atoms with Crippen LogP contribution in [0, 0.1) is 30.0 Å². The van der Waals surface area contributed by atoms with Gasteiger partial charge in [0.2, 0.25) is 0 Å². The highest BCUT2D eigenvalue weighted by atomic mass is 35.5. The third-order valence-corrected chi connectivity index (χ3v) is 11.6. The van der Waals surface area contributed by atoms with E-state index >= 15 is 4.39 Å². The highest BCUT2D eigenvalue weighted by molar-refractivity contribution is 6.34. The van der Waals surface area contributed by atoms with E-state index in [9.17, 15) is 32.7 Å². The van der Waals surface area contributed by atoms with E-state index in [2.05, 4.69) is 15.3 Å². The summed E-state index contributed by atoms with van der Waals surface area (Å²) in [5, 5.41) is 22.9. The minimum Gasteiger partial charge on any atom is -0.497 e. The van der Waals surface area contributed by atoms with Crippen LogP contribution in [0.1, 0.15) is 60.8 Å². The van der Waals surface area contributed by atoms with Crippen LogP contribution in [0.5, 0.6) is 11.8 Å². The van der Waals surface area contributed by atoms with Gasteiger partial charge in [-0.05, 0) is 81.0 Å². The Morgan fingerprint density at radius 2 is 1.89 bits per heavy atom. The third kappa shape index (κ3) is 7.48. The zero-order chi connectivity index (χ0) is 39.9. The molecular weight excluding hydrogens is 759 g/mol. The zero-order valence-electron chi connectivity index (χ0n) is 30.8. The summed E-state index contributed by atoms with van der Waals surface area (Å²) in [6.07, 6.45) is -3.19. The number of halogens is 6. The topological polar surface area (TPSA) is 124 Å². The lowest BCUT2D eigenvalue weighted by Gasteiger charge is -2.31. The van der Waals surface area contributed by atoms with Gasteiger partial charge in [0.1, 0.15) is 35.9 Å². The number of ether oxygens (including phenoxy) is 2. The van der Waals surface area contributed by atoms with Crippen LogP contribution in [0.25, 0.3) is 22.0 Å². The van der Waals surface area contributed by atoms with Crippen LogP contribution in [-0.4, -0.2) is 77.6 Å². The van der Waals surface area contributed by atoms with E-state index in [1.54, 1.807) is 29.2 Å². The average Bonchev–Trinajstić information content (AvgIpc) is 3.56. The number of nitriles is 1. The number of aliphatic carboxylic acids is 1. The molecule has 3 aliphatic heterocycles. The molecule has 4 aromatic rings. The highest BCUT2D eigenvalue weighted by Crippen LogP contribution is 2.49. The molecular formula is C40H40ClF5N6O4. The number of nitrogens with one attached hydrogen (secondary N) is 1. The van der Waals surface area contributed by atoms with Crippen LogP contribution in [0.15, 0.2) is 36.4 Å². The van der Waals surface area contributed by atoms with E-state index < -0.39 is 68.4 Å². The maximum Gasteiger partial charge on any atom is 0.417 e.